The van der Waals surface area contributed by atoms with Crippen molar-refractivity contribution in [3.63, 3.8) is 0 Å². The third kappa shape index (κ3) is 4.35. The first-order chi connectivity index (χ1) is 12.0. The number of hydrogen-bond donors (Lipinski definition) is 1. The number of ether oxygens (including phenoxy) is 1. The summed E-state index contributed by atoms with van der Waals surface area (Å²) in [5.74, 6) is -0.839. The van der Waals surface area contributed by atoms with Crippen LogP contribution in [0.3, 0.4) is 0 Å². The Labute approximate surface area is 152 Å². The summed E-state index contributed by atoms with van der Waals surface area (Å²) in [5.41, 5.74) is 1.22. The fourth-order valence-corrected chi connectivity index (χ4v) is 3.24. The third-order valence-corrected chi connectivity index (χ3v) is 4.56. The number of halogens is 2. The zero-order valence-corrected chi connectivity index (χ0v) is 14.5. The number of hydrogen-bond acceptors (Lipinski definition) is 4. The van der Waals surface area contributed by atoms with E-state index in [9.17, 15) is 9.18 Å². The fourth-order valence-electron chi connectivity index (χ4n) is 2.25. The summed E-state index contributed by atoms with van der Waals surface area (Å²) in [7, 11) is 0. The molecule has 0 unspecified atom stereocenters. The molecule has 0 aliphatic heterocycles. The van der Waals surface area contributed by atoms with Crippen LogP contribution in [-0.4, -0.2) is 16.1 Å². The van der Waals surface area contributed by atoms with Gasteiger partial charge in [-0.2, -0.15) is 0 Å². The van der Waals surface area contributed by atoms with E-state index < -0.39 is 5.97 Å². The summed E-state index contributed by atoms with van der Waals surface area (Å²) in [6.07, 6.45) is 0.380. The third-order valence-electron chi connectivity index (χ3n) is 3.48. The van der Waals surface area contributed by atoms with Crippen molar-refractivity contribution in [2.24, 2.45) is 0 Å². The van der Waals surface area contributed by atoms with Crippen LogP contribution in [0.15, 0.2) is 47.8 Å². The molecule has 0 aliphatic carbocycles. The number of thiazole rings is 1. The number of aromatic carboxylic acids is 1. The molecule has 0 fully saturated rings. The lowest BCUT2D eigenvalue weighted by Gasteiger charge is -2.12. The SMILES string of the molecule is O=C(O)c1csc(Cc2cc(Cl)ccc2OCc2ccccc2F)n1. The van der Waals surface area contributed by atoms with Crippen LogP contribution in [0.2, 0.25) is 5.02 Å². The van der Waals surface area contributed by atoms with Gasteiger partial charge in [0.25, 0.3) is 0 Å². The highest BCUT2D eigenvalue weighted by Crippen LogP contribution is 2.27. The van der Waals surface area contributed by atoms with Crippen molar-refractivity contribution >= 4 is 28.9 Å². The maximum atomic E-state index is 13.7. The van der Waals surface area contributed by atoms with E-state index in [0.29, 0.717) is 27.8 Å². The van der Waals surface area contributed by atoms with Crippen molar-refractivity contribution in [1.29, 1.82) is 0 Å². The highest BCUT2D eigenvalue weighted by Gasteiger charge is 2.13. The van der Waals surface area contributed by atoms with Gasteiger partial charge in [0, 0.05) is 28.0 Å². The highest BCUT2D eigenvalue weighted by molar-refractivity contribution is 7.09. The first-order valence-electron chi connectivity index (χ1n) is 7.35. The normalized spacial score (nSPS) is 10.6. The minimum atomic E-state index is -1.07. The van der Waals surface area contributed by atoms with Gasteiger partial charge in [-0.15, -0.1) is 11.3 Å². The number of aromatic nitrogens is 1. The van der Waals surface area contributed by atoms with Crippen molar-refractivity contribution in [3.05, 3.63) is 80.5 Å². The fraction of sp³-hybridized carbons (Fsp3) is 0.111. The van der Waals surface area contributed by atoms with Crippen molar-refractivity contribution < 1.29 is 19.0 Å². The van der Waals surface area contributed by atoms with Gasteiger partial charge in [0.2, 0.25) is 0 Å². The van der Waals surface area contributed by atoms with E-state index in [4.69, 9.17) is 21.4 Å². The zero-order chi connectivity index (χ0) is 17.8. The summed E-state index contributed by atoms with van der Waals surface area (Å²) >= 11 is 7.31. The van der Waals surface area contributed by atoms with Gasteiger partial charge in [-0.05, 0) is 24.3 Å². The van der Waals surface area contributed by atoms with Gasteiger partial charge >= 0.3 is 5.97 Å². The Morgan fingerprint density at radius 3 is 2.76 bits per heavy atom. The summed E-state index contributed by atoms with van der Waals surface area (Å²) < 4.78 is 19.5. The van der Waals surface area contributed by atoms with Crippen LogP contribution in [0.4, 0.5) is 4.39 Å². The number of benzene rings is 2. The Morgan fingerprint density at radius 2 is 2.04 bits per heavy atom. The lowest BCUT2D eigenvalue weighted by Crippen LogP contribution is -2.02. The van der Waals surface area contributed by atoms with Crippen LogP contribution in [0.5, 0.6) is 5.75 Å². The molecule has 0 saturated carbocycles. The second-order valence-corrected chi connectivity index (χ2v) is 6.62. The molecule has 3 aromatic rings. The van der Waals surface area contributed by atoms with E-state index in [1.165, 1.54) is 22.8 Å². The van der Waals surface area contributed by atoms with E-state index in [1.807, 2.05) is 0 Å². The van der Waals surface area contributed by atoms with Crippen molar-refractivity contribution in [1.82, 2.24) is 4.98 Å². The minimum Gasteiger partial charge on any atom is -0.488 e. The number of carboxylic acids is 1. The molecule has 2 aromatic carbocycles. The number of nitrogens with zero attached hydrogens (tertiary/aromatic N) is 1. The molecule has 3 rings (SSSR count). The molecule has 0 spiro atoms. The number of rotatable bonds is 6. The molecule has 0 amide bonds. The first kappa shape index (κ1) is 17.4. The molecular formula is C18H13ClFNO3S. The second kappa shape index (κ2) is 7.63. The van der Waals surface area contributed by atoms with E-state index in [2.05, 4.69) is 4.98 Å². The standard InChI is InChI=1S/C18H13ClFNO3S/c19-13-5-6-16(24-9-11-3-1-2-4-14(11)20)12(7-13)8-17-21-15(10-25-17)18(22)23/h1-7,10H,8-9H2,(H,22,23). The Morgan fingerprint density at radius 1 is 1.24 bits per heavy atom. The van der Waals surface area contributed by atoms with Crippen molar-refractivity contribution in [2.45, 2.75) is 13.0 Å². The molecule has 0 radical (unpaired) electrons. The molecule has 0 bridgehead atoms. The molecular weight excluding hydrogens is 365 g/mol. The second-order valence-electron chi connectivity index (χ2n) is 5.24. The number of carbonyl (C=O) groups is 1. The first-order valence-corrected chi connectivity index (χ1v) is 8.61. The summed E-state index contributed by atoms with van der Waals surface area (Å²) in [4.78, 5) is 15.0. The summed E-state index contributed by atoms with van der Waals surface area (Å²) in [5, 5.41) is 11.6. The van der Waals surface area contributed by atoms with Gasteiger partial charge in [0.05, 0.1) is 5.01 Å². The Hall–Kier alpha value is -2.44. The number of carboxylic acid groups (broad SMARTS) is 1. The molecule has 1 N–H and O–H groups in total. The van der Waals surface area contributed by atoms with Gasteiger partial charge in [-0.3, -0.25) is 0 Å². The molecule has 0 aliphatic rings. The average molecular weight is 378 g/mol. The topological polar surface area (TPSA) is 59.4 Å². The van der Waals surface area contributed by atoms with Gasteiger partial charge < -0.3 is 9.84 Å². The minimum absolute atomic E-state index is 0.0100. The van der Waals surface area contributed by atoms with Gasteiger partial charge in [-0.25, -0.2) is 14.2 Å². The van der Waals surface area contributed by atoms with E-state index in [-0.39, 0.29) is 18.1 Å². The highest BCUT2D eigenvalue weighted by atomic mass is 35.5. The lowest BCUT2D eigenvalue weighted by atomic mass is 10.1. The molecule has 25 heavy (non-hydrogen) atoms. The smallest absolute Gasteiger partial charge is 0.355 e. The average Bonchev–Trinajstić information content (AvgIpc) is 3.04. The van der Waals surface area contributed by atoms with Gasteiger partial charge in [-0.1, -0.05) is 29.8 Å². The molecule has 0 atom stereocenters. The summed E-state index contributed by atoms with van der Waals surface area (Å²) in [6.45, 7) is 0.0829. The molecule has 1 aromatic heterocycles. The monoisotopic (exact) mass is 377 g/mol. The van der Waals surface area contributed by atoms with Crippen molar-refractivity contribution in [3.8, 4) is 5.75 Å². The predicted molar refractivity (Wildman–Crippen MR) is 94.1 cm³/mol. The molecule has 4 nitrogen and oxygen atoms in total. The van der Waals surface area contributed by atoms with Crippen LogP contribution in [0, 0.1) is 5.82 Å². The largest absolute Gasteiger partial charge is 0.488 e. The van der Waals surface area contributed by atoms with Crippen LogP contribution in [-0.2, 0) is 13.0 Å². The summed E-state index contributed by atoms with van der Waals surface area (Å²) in [6, 6.07) is 11.5. The Bertz CT molecular complexity index is 913. The molecule has 0 saturated heterocycles. The molecule has 128 valence electrons. The van der Waals surface area contributed by atoms with Gasteiger partial charge in [0.15, 0.2) is 5.69 Å². The zero-order valence-electron chi connectivity index (χ0n) is 12.9. The van der Waals surface area contributed by atoms with Crippen LogP contribution in [0.1, 0.15) is 26.6 Å². The lowest BCUT2D eigenvalue weighted by molar-refractivity contribution is 0.0691. The maximum absolute atomic E-state index is 13.7. The van der Waals surface area contributed by atoms with Gasteiger partial charge in [0.1, 0.15) is 18.2 Å². The Balaban J connectivity index is 1.80. The maximum Gasteiger partial charge on any atom is 0.355 e. The van der Waals surface area contributed by atoms with Crippen LogP contribution < -0.4 is 4.74 Å². The quantitative estimate of drug-likeness (QED) is 0.670. The Kier molecular flexibility index (Phi) is 5.31. The van der Waals surface area contributed by atoms with Crippen LogP contribution in [0.25, 0.3) is 0 Å². The van der Waals surface area contributed by atoms with E-state index in [0.717, 1.165) is 5.56 Å². The molecule has 1 heterocycles. The van der Waals surface area contributed by atoms with E-state index in [1.54, 1.807) is 36.4 Å². The van der Waals surface area contributed by atoms with E-state index >= 15 is 0 Å². The van der Waals surface area contributed by atoms with Crippen molar-refractivity contribution in [2.75, 3.05) is 0 Å². The van der Waals surface area contributed by atoms with Crippen LogP contribution >= 0.6 is 22.9 Å². The predicted octanol–water partition coefficient (Wildman–Crippen LogP) is 4.80. The molecule has 7 heteroatoms.